The standard InChI is InChI=1S/C21H21N7O2/c1-2-22-21(30)26-20-24-16-10-14(11-17(19(16)25-20)28-8-4-6-23-28)13-9-15-5-3-7-27(15)18(29)12-13/h4,6,8-12H,2-3,5,7H2,1H3,(H3,22,24,25,26,30). The second kappa shape index (κ2) is 7.18. The lowest BCUT2D eigenvalue weighted by molar-refractivity contribution is 0.252. The number of amides is 2. The van der Waals surface area contributed by atoms with Gasteiger partial charge in [-0.2, -0.15) is 5.10 Å². The minimum absolute atomic E-state index is 0.0175. The molecule has 0 saturated carbocycles. The number of benzene rings is 1. The molecule has 2 amide bonds. The molecule has 3 aromatic heterocycles. The number of aromatic amines is 1. The van der Waals surface area contributed by atoms with Gasteiger partial charge >= 0.3 is 6.03 Å². The fourth-order valence-electron chi connectivity index (χ4n) is 3.92. The smallest absolute Gasteiger partial charge is 0.321 e. The largest absolute Gasteiger partial charge is 0.338 e. The van der Waals surface area contributed by atoms with Gasteiger partial charge in [0.2, 0.25) is 5.95 Å². The highest BCUT2D eigenvalue weighted by atomic mass is 16.2. The first-order chi connectivity index (χ1) is 14.6. The summed E-state index contributed by atoms with van der Waals surface area (Å²) in [6.45, 7) is 3.14. The Labute approximate surface area is 171 Å². The highest BCUT2D eigenvalue weighted by molar-refractivity contribution is 5.94. The van der Waals surface area contributed by atoms with Crippen LogP contribution in [0.5, 0.6) is 0 Å². The molecule has 9 nitrogen and oxygen atoms in total. The van der Waals surface area contributed by atoms with E-state index in [2.05, 4.69) is 31.8 Å². The zero-order valence-corrected chi connectivity index (χ0v) is 16.5. The second-order valence-electron chi connectivity index (χ2n) is 7.24. The van der Waals surface area contributed by atoms with Crippen LogP contribution < -0.4 is 16.2 Å². The van der Waals surface area contributed by atoms with Crippen molar-refractivity contribution in [1.82, 2.24) is 29.6 Å². The molecule has 9 heteroatoms. The lowest BCUT2D eigenvalue weighted by Gasteiger charge is -2.09. The van der Waals surface area contributed by atoms with E-state index >= 15 is 0 Å². The highest BCUT2D eigenvalue weighted by Gasteiger charge is 2.17. The van der Waals surface area contributed by atoms with Crippen LogP contribution in [0.4, 0.5) is 10.7 Å². The lowest BCUT2D eigenvalue weighted by atomic mass is 10.0. The first-order valence-electron chi connectivity index (χ1n) is 9.95. The maximum atomic E-state index is 12.5. The highest BCUT2D eigenvalue weighted by Crippen LogP contribution is 2.30. The minimum atomic E-state index is -0.330. The average Bonchev–Trinajstić information content (AvgIpc) is 3.47. The van der Waals surface area contributed by atoms with E-state index in [-0.39, 0.29) is 11.6 Å². The van der Waals surface area contributed by atoms with Crippen molar-refractivity contribution in [3.8, 4) is 16.8 Å². The van der Waals surface area contributed by atoms with Crippen molar-refractivity contribution >= 4 is 23.0 Å². The molecule has 152 valence electrons. The van der Waals surface area contributed by atoms with Crippen LogP contribution in [0, 0.1) is 0 Å². The Balaban J connectivity index is 1.66. The number of carbonyl (C=O) groups is 1. The molecule has 0 bridgehead atoms. The number of fused-ring (bicyclic) bond motifs is 2. The van der Waals surface area contributed by atoms with Crippen LogP contribution in [0.25, 0.3) is 27.8 Å². The maximum Gasteiger partial charge on any atom is 0.321 e. The van der Waals surface area contributed by atoms with Gasteiger partial charge < -0.3 is 14.9 Å². The molecule has 0 radical (unpaired) electrons. The van der Waals surface area contributed by atoms with Gasteiger partial charge in [0, 0.05) is 37.2 Å². The summed E-state index contributed by atoms with van der Waals surface area (Å²) in [6.07, 6.45) is 5.43. The van der Waals surface area contributed by atoms with E-state index in [1.807, 2.05) is 35.9 Å². The van der Waals surface area contributed by atoms with Gasteiger partial charge in [-0.15, -0.1) is 0 Å². The predicted octanol–water partition coefficient (Wildman–Crippen LogP) is 2.66. The van der Waals surface area contributed by atoms with Crippen LogP contribution in [0.15, 0.2) is 47.5 Å². The van der Waals surface area contributed by atoms with Crippen LogP contribution in [-0.4, -0.2) is 36.9 Å². The number of urea groups is 1. The number of nitrogens with zero attached hydrogens (tertiary/aromatic N) is 4. The summed E-state index contributed by atoms with van der Waals surface area (Å²) in [5.74, 6) is 0.343. The van der Waals surface area contributed by atoms with Gasteiger partial charge in [0.15, 0.2) is 0 Å². The van der Waals surface area contributed by atoms with E-state index in [9.17, 15) is 9.59 Å². The summed E-state index contributed by atoms with van der Waals surface area (Å²) in [6, 6.07) is 9.16. The monoisotopic (exact) mass is 403 g/mol. The van der Waals surface area contributed by atoms with Crippen LogP contribution in [-0.2, 0) is 13.0 Å². The molecule has 0 aliphatic carbocycles. The molecular formula is C21H21N7O2. The molecule has 1 aliphatic rings. The maximum absolute atomic E-state index is 12.5. The summed E-state index contributed by atoms with van der Waals surface area (Å²) in [5.41, 5.74) is 4.99. The molecule has 0 atom stereocenters. The number of nitrogens with one attached hydrogen (secondary N) is 3. The third-order valence-corrected chi connectivity index (χ3v) is 5.25. The topological polar surface area (TPSA) is 110 Å². The van der Waals surface area contributed by atoms with Crippen LogP contribution >= 0.6 is 0 Å². The number of carbonyl (C=O) groups excluding carboxylic acids is 1. The van der Waals surface area contributed by atoms with Crippen molar-refractivity contribution in [2.75, 3.05) is 11.9 Å². The van der Waals surface area contributed by atoms with Crippen LogP contribution in [0.3, 0.4) is 0 Å². The molecule has 1 aromatic carbocycles. The number of pyridine rings is 1. The molecule has 5 rings (SSSR count). The molecule has 0 saturated heterocycles. The van der Waals surface area contributed by atoms with Gasteiger partial charge in [-0.25, -0.2) is 14.5 Å². The van der Waals surface area contributed by atoms with E-state index in [1.165, 1.54) is 0 Å². The van der Waals surface area contributed by atoms with Gasteiger partial charge in [0.05, 0.1) is 11.2 Å². The Bertz CT molecular complexity index is 1300. The number of anilines is 1. The van der Waals surface area contributed by atoms with E-state index in [1.54, 1.807) is 16.9 Å². The van der Waals surface area contributed by atoms with Crippen molar-refractivity contribution in [2.45, 2.75) is 26.3 Å². The zero-order valence-electron chi connectivity index (χ0n) is 16.5. The molecule has 0 fully saturated rings. The van der Waals surface area contributed by atoms with E-state index in [0.29, 0.717) is 18.0 Å². The van der Waals surface area contributed by atoms with E-state index < -0.39 is 0 Å². The SMILES string of the molecule is CCNC(=O)Nc1nc2c(-n3cccn3)cc(-c3cc4n(c(=O)c3)CCC4)cc2[nH]1. The second-order valence-corrected chi connectivity index (χ2v) is 7.24. The van der Waals surface area contributed by atoms with Crippen molar-refractivity contribution in [3.63, 3.8) is 0 Å². The number of hydrogen-bond acceptors (Lipinski definition) is 4. The quantitative estimate of drug-likeness (QED) is 0.487. The predicted molar refractivity (Wildman–Crippen MR) is 114 cm³/mol. The summed E-state index contributed by atoms with van der Waals surface area (Å²) in [5, 5.41) is 9.73. The van der Waals surface area contributed by atoms with Gasteiger partial charge in [-0.05, 0) is 55.2 Å². The van der Waals surface area contributed by atoms with Gasteiger partial charge in [-0.1, -0.05) is 0 Å². The van der Waals surface area contributed by atoms with Crippen LogP contribution in [0.1, 0.15) is 19.0 Å². The minimum Gasteiger partial charge on any atom is -0.338 e. The first kappa shape index (κ1) is 18.2. The Morgan fingerprint density at radius 2 is 2.10 bits per heavy atom. The Morgan fingerprint density at radius 1 is 1.23 bits per heavy atom. The molecule has 4 aromatic rings. The molecule has 0 unspecified atom stereocenters. The number of aromatic nitrogens is 5. The Kier molecular flexibility index (Phi) is 4.35. The third kappa shape index (κ3) is 3.14. The first-order valence-corrected chi connectivity index (χ1v) is 9.95. The Hall–Kier alpha value is -3.88. The van der Waals surface area contributed by atoms with Gasteiger partial charge in [0.1, 0.15) is 5.52 Å². The fourth-order valence-corrected chi connectivity index (χ4v) is 3.92. The fraction of sp³-hybridized carbons (Fsp3) is 0.238. The van der Waals surface area contributed by atoms with Crippen molar-refractivity contribution < 1.29 is 4.79 Å². The Morgan fingerprint density at radius 3 is 2.90 bits per heavy atom. The summed E-state index contributed by atoms with van der Waals surface area (Å²) in [7, 11) is 0. The normalized spacial score (nSPS) is 12.8. The number of imidazole rings is 1. The van der Waals surface area contributed by atoms with Crippen molar-refractivity contribution in [2.24, 2.45) is 0 Å². The number of hydrogen-bond donors (Lipinski definition) is 3. The molecule has 0 spiro atoms. The van der Waals surface area contributed by atoms with Gasteiger partial charge in [0.25, 0.3) is 5.56 Å². The van der Waals surface area contributed by atoms with E-state index in [4.69, 9.17) is 0 Å². The molecule has 1 aliphatic heterocycles. The van der Waals surface area contributed by atoms with Crippen molar-refractivity contribution in [1.29, 1.82) is 0 Å². The van der Waals surface area contributed by atoms with Crippen molar-refractivity contribution in [3.05, 3.63) is 58.8 Å². The molecular weight excluding hydrogens is 382 g/mol. The lowest BCUT2D eigenvalue weighted by Crippen LogP contribution is -2.28. The van der Waals surface area contributed by atoms with Crippen LogP contribution in [0.2, 0.25) is 0 Å². The molecule has 30 heavy (non-hydrogen) atoms. The number of H-pyrrole nitrogens is 1. The molecule has 3 N–H and O–H groups in total. The number of rotatable bonds is 4. The molecule has 4 heterocycles. The third-order valence-electron chi connectivity index (χ3n) is 5.25. The van der Waals surface area contributed by atoms with E-state index in [0.717, 1.165) is 47.4 Å². The average molecular weight is 403 g/mol. The summed E-state index contributed by atoms with van der Waals surface area (Å²) >= 11 is 0. The zero-order chi connectivity index (χ0) is 20.7. The summed E-state index contributed by atoms with van der Waals surface area (Å²) < 4.78 is 3.56. The summed E-state index contributed by atoms with van der Waals surface area (Å²) in [4.78, 5) is 32.1. The number of aryl methyl sites for hydroxylation is 1. The van der Waals surface area contributed by atoms with Gasteiger partial charge in [-0.3, -0.25) is 10.1 Å².